The number of para-hydroxylation sites is 1. The van der Waals surface area contributed by atoms with Crippen LogP contribution in [-0.4, -0.2) is 47.9 Å². The molecule has 1 heterocycles. The van der Waals surface area contributed by atoms with Crippen molar-refractivity contribution in [2.24, 2.45) is 0 Å². The normalized spacial score (nSPS) is 22.9. The zero-order chi connectivity index (χ0) is 14.6. The summed E-state index contributed by atoms with van der Waals surface area (Å²) in [5.41, 5.74) is -0.00378. The molecule has 2 N–H and O–H groups in total. The maximum absolute atomic E-state index is 12.4. The van der Waals surface area contributed by atoms with Crippen molar-refractivity contribution >= 4 is 15.7 Å². The Morgan fingerprint density at radius 3 is 2.75 bits per heavy atom. The van der Waals surface area contributed by atoms with E-state index in [0.717, 1.165) is 0 Å². The van der Waals surface area contributed by atoms with Crippen molar-refractivity contribution in [3.8, 4) is 0 Å². The van der Waals surface area contributed by atoms with E-state index in [9.17, 15) is 8.42 Å². The Morgan fingerprint density at radius 2 is 2.15 bits per heavy atom. The molecule has 1 aromatic rings. The maximum Gasteiger partial charge on any atom is 0.242 e. The van der Waals surface area contributed by atoms with Crippen molar-refractivity contribution in [1.29, 1.82) is 0 Å². The lowest BCUT2D eigenvalue weighted by Crippen LogP contribution is -2.45. The van der Waals surface area contributed by atoms with Gasteiger partial charge in [-0.1, -0.05) is 12.1 Å². The van der Waals surface area contributed by atoms with Crippen LogP contribution in [0.25, 0.3) is 0 Å². The van der Waals surface area contributed by atoms with E-state index in [0.29, 0.717) is 25.3 Å². The molecular formula is C13H20N2O4S. The molecule has 20 heavy (non-hydrogen) atoms. The average Bonchev–Trinajstić information content (AvgIpc) is 2.95. The first-order chi connectivity index (χ1) is 9.53. The van der Waals surface area contributed by atoms with Gasteiger partial charge < -0.3 is 14.8 Å². The predicted octanol–water partition coefficient (Wildman–Crippen LogP) is 0.812. The van der Waals surface area contributed by atoms with E-state index in [1.165, 1.54) is 0 Å². The monoisotopic (exact) mass is 300 g/mol. The molecule has 0 spiro atoms. The Kier molecular flexibility index (Phi) is 4.64. The molecule has 0 saturated carbocycles. The van der Waals surface area contributed by atoms with Gasteiger partial charge in [0.05, 0.1) is 12.3 Å². The van der Waals surface area contributed by atoms with E-state index in [1.807, 2.05) is 0 Å². The third-order valence-corrected chi connectivity index (χ3v) is 4.99. The minimum Gasteiger partial charge on any atom is -0.387 e. The number of benzene rings is 1. The van der Waals surface area contributed by atoms with Crippen LogP contribution in [0.5, 0.6) is 0 Å². The van der Waals surface area contributed by atoms with Gasteiger partial charge in [-0.15, -0.1) is 0 Å². The second-order valence-electron chi connectivity index (χ2n) is 4.76. The van der Waals surface area contributed by atoms with Gasteiger partial charge in [-0.2, -0.15) is 0 Å². The van der Waals surface area contributed by atoms with Crippen LogP contribution < -0.4 is 10.0 Å². The van der Waals surface area contributed by atoms with Crippen molar-refractivity contribution in [2.75, 3.05) is 39.2 Å². The van der Waals surface area contributed by atoms with Gasteiger partial charge in [-0.25, -0.2) is 13.1 Å². The van der Waals surface area contributed by atoms with Gasteiger partial charge in [0.2, 0.25) is 10.0 Å². The van der Waals surface area contributed by atoms with E-state index < -0.39 is 15.6 Å². The minimum absolute atomic E-state index is 0.198. The molecule has 112 valence electrons. The molecule has 2 rings (SSSR count). The first kappa shape index (κ1) is 15.2. The number of methoxy groups -OCH3 is 1. The molecule has 0 aliphatic carbocycles. The third kappa shape index (κ3) is 3.12. The molecule has 1 atom stereocenters. The Morgan fingerprint density at radius 1 is 1.40 bits per heavy atom. The highest BCUT2D eigenvalue weighted by Crippen LogP contribution is 2.24. The summed E-state index contributed by atoms with van der Waals surface area (Å²) < 4.78 is 38.1. The SMILES string of the molecule is CNc1ccccc1S(=O)(=O)NCC1(OC)CCOC1. The van der Waals surface area contributed by atoms with E-state index in [2.05, 4.69) is 10.0 Å². The Bertz CT molecular complexity index is 553. The van der Waals surface area contributed by atoms with Crippen LogP contribution in [0.2, 0.25) is 0 Å². The second-order valence-corrected chi connectivity index (χ2v) is 6.50. The smallest absolute Gasteiger partial charge is 0.242 e. The number of sulfonamides is 1. The summed E-state index contributed by atoms with van der Waals surface area (Å²) in [7, 11) is -0.323. The van der Waals surface area contributed by atoms with Gasteiger partial charge in [0.1, 0.15) is 10.5 Å². The summed E-state index contributed by atoms with van der Waals surface area (Å²) in [5.74, 6) is 0. The molecule has 1 fully saturated rings. The summed E-state index contributed by atoms with van der Waals surface area (Å²) in [6, 6.07) is 6.77. The fraction of sp³-hybridized carbons (Fsp3) is 0.538. The lowest BCUT2D eigenvalue weighted by Gasteiger charge is -2.26. The maximum atomic E-state index is 12.4. The fourth-order valence-corrected chi connectivity index (χ4v) is 3.50. The summed E-state index contributed by atoms with van der Waals surface area (Å²) >= 11 is 0. The summed E-state index contributed by atoms with van der Waals surface area (Å²) in [6.45, 7) is 1.19. The molecule has 0 radical (unpaired) electrons. The number of hydrogen-bond donors (Lipinski definition) is 2. The molecule has 1 unspecified atom stereocenters. The van der Waals surface area contributed by atoms with Crippen molar-refractivity contribution in [2.45, 2.75) is 16.9 Å². The molecule has 1 aliphatic rings. The number of ether oxygens (including phenoxy) is 2. The van der Waals surface area contributed by atoms with E-state index in [1.54, 1.807) is 38.4 Å². The van der Waals surface area contributed by atoms with Crippen molar-refractivity contribution in [3.05, 3.63) is 24.3 Å². The standard InChI is InChI=1S/C13H20N2O4S/c1-14-11-5-3-4-6-12(11)20(16,17)15-9-13(18-2)7-8-19-10-13/h3-6,14-15H,7-10H2,1-2H3. The molecule has 0 aromatic heterocycles. The quantitative estimate of drug-likeness (QED) is 0.813. The molecule has 1 saturated heterocycles. The van der Waals surface area contributed by atoms with Crippen molar-refractivity contribution in [1.82, 2.24) is 4.72 Å². The molecular weight excluding hydrogens is 280 g/mol. The highest BCUT2D eigenvalue weighted by Gasteiger charge is 2.36. The summed E-state index contributed by atoms with van der Waals surface area (Å²) in [6.07, 6.45) is 0.680. The zero-order valence-electron chi connectivity index (χ0n) is 11.7. The van der Waals surface area contributed by atoms with E-state index in [-0.39, 0.29) is 11.4 Å². The van der Waals surface area contributed by atoms with Crippen molar-refractivity contribution in [3.63, 3.8) is 0 Å². The number of anilines is 1. The third-order valence-electron chi connectivity index (χ3n) is 3.53. The van der Waals surface area contributed by atoms with Gasteiger partial charge in [0.15, 0.2) is 0 Å². The highest BCUT2D eigenvalue weighted by molar-refractivity contribution is 7.89. The van der Waals surface area contributed by atoms with Crippen LogP contribution in [0.15, 0.2) is 29.2 Å². The lowest BCUT2D eigenvalue weighted by atomic mass is 10.0. The number of hydrogen-bond acceptors (Lipinski definition) is 5. The summed E-state index contributed by atoms with van der Waals surface area (Å²) in [5, 5.41) is 2.88. The summed E-state index contributed by atoms with van der Waals surface area (Å²) in [4.78, 5) is 0.229. The Balaban J connectivity index is 2.15. The largest absolute Gasteiger partial charge is 0.387 e. The van der Waals surface area contributed by atoms with E-state index in [4.69, 9.17) is 9.47 Å². The first-order valence-electron chi connectivity index (χ1n) is 6.42. The predicted molar refractivity (Wildman–Crippen MR) is 76.4 cm³/mol. The van der Waals surface area contributed by atoms with Gasteiger partial charge in [-0.3, -0.25) is 0 Å². The Labute approximate surface area is 119 Å². The van der Waals surface area contributed by atoms with E-state index >= 15 is 0 Å². The number of nitrogens with one attached hydrogen (secondary N) is 2. The fourth-order valence-electron chi connectivity index (χ4n) is 2.17. The highest BCUT2D eigenvalue weighted by atomic mass is 32.2. The zero-order valence-corrected chi connectivity index (χ0v) is 12.5. The van der Waals surface area contributed by atoms with Crippen LogP contribution in [0.4, 0.5) is 5.69 Å². The molecule has 7 heteroatoms. The lowest BCUT2D eigenvalue weighted by molar-refractivity contribution is -0.0120. The minimum atomic E-state index is -3.59. The molecule has 0 bridgehead atoms. The molecule has 1 aliphatic heterocycles. The van der Waals surface area contributed by atoms with Crippen LogP contribution >= 0.6 is 0 Å². The van der Waals surface area contributed by atoms with Gasteiger partial charge in [0.25, 0.3) is 0 Å². The molecule has 0 amide bonds. The number of rotatable bonds is 6. The topological polar surface area (TPSA) is 76.7 Å². The van der Waals surface area contributed by atoms with Crippen LogP contribution in [-0.2, 0) is 19.5 Å². The Hall–Kier alpha value is -1.15. The van der Waals surface area contributed by atoms with Crippen LogP contribution in [0, 0.1) is 0 Å². The van der Waals surface area contributed by atoms with Gasteiger partial charge in [-0.05, 0) is 12.1 Å². The molecule has 1 aromatic carbocycles. The van der Waals surface area contributed by atoms with Crippen LogP contribution in [0.3, 0.4) is 0 Å². The molecule has 6 nitrogen and oxygen atoms in total. The average molecular weight is 300 g/mol. The van der Waals surface area contributed by atoms with Crippen molar-refractivity contribution < 1.29 is 17.9 Å². The van der Waals surface area contributed by atoms with Gasteiger partial charge >= 0.3 is 0 Å². The van der Waals surface area contributed by atoms with Gasteiger partial charge in [0, 0.05) is 33.7 Å². The first-order valence-corrected chi connectivity index (χ1v) is 7.91. The van der Waals surface area contributed by atoms with Crippen LogP contribution in [0.1, 0.15) is 6.42 Å². The second kappa shape index (κ2) is 6.09.